The van der Waals surface area contributed by atoms with Crippen LogP contribution in [0.5, 0.6) is 0 Å². The van der Waals surface area contributed by atoms with Crippen LogP contribution >= 0.6 is 34.8 Å². The summed E-state index contributed by atoms with van der Waals surface area (Å²) in [4.78, 5) is 20.6. The Morgan fingerprint density at radius 3 is 2.38 bits per heavy atom. The molecule has 4 nitrogen and oxygen atoms in total. The molecule has 3 aliphatic rings. The number of piperazine rings is 1. The number of amides is 1. The molecule has 2 aliphatic heterocycles. The topological polar surface area (TPSA) is 26.8 Å². The molecule has 2 saturated heterocycles. The molecule has 2 aromatic carbocycles. The molecule has 212 valence electrons. The van der Waals surface area contributed by atoms with Gasteiger partial charge in [0.25, 0.3) is 0 Å². The van der Waals surface area contributed by atoms with E-state index in [0.717, 1.165) is 63.6 Å². The van der Waals surface area contributed by atoms with Crippen molar-refractivity contribution >= 4 is 40.7 Å². The van der Waals surface area contributed by atoms with Crippen LogP contribution in [0.3, 0.4) is 0 Å². The summed E-state index contributed by atoms with van der Waals surface area (Å²) in [5.41, 5.74) is 1.16. The van der Waals surface area contributed by atoms with E-state index in [1.807, 2.05) is 17.0 Å². The first-order valence-electron chi connectivity index (χ1n) is 14.5. The lowest BCUT2D eigenvalue weighted by Gasteiger charge is -2.46. The van der Waals surface area contributed by atoms with Crippen molar-refractivity contribution in [1.29, 1.82) is 0 Å². The summed E-state index contributed by atoms with van der Waals surface area (Å²) in [6.07, 6.45) is 9.57. The van der Waals surface area contributed by atoms with E-state index >= 15 is 0 Å². The van der Waals surface area contributed by atoms with Gasteiger partial charge in [-0.2, -0.15) is 0 Å². The molecule has 3 fully saturated rings. The molecule has 1 saturated carbocycles. The van der Waals surface area contributed by atoms with E-state index < -0.39 is 5.82 Å². The summed E-state index contributed by atoms with van der Waals surface area (Å²) in [6.45, 7) is 6.66. The van der Waals surface area contributed by atoms with E-state index in [1.165, 1.54) is 38.2 Å². The van der Waals surface area contributed by atoms with E-state index in [-0.39, 0.29) is 23.3 Å². The highest BCUT2D eigenvalue weighted by atomic mass is 35.5. The van der Waals surface area contributed by atoms with Gasteiger partial charge in [-0.3, -0.25) is 9.69 Å². The molecule has 1 unspecified atom stereocenters. The Balaban J connectivity index is 1.29. The minimum atomic E-state index is -0.434. The number of carbonyl (C=O) groups is 1. The Hall–Kier alpha value is -1.37. The van der Waals surface area contributed by atoms with Gasteiger partial charge >= 0.3 is 0 Å². The Kier molecular flexibility index (Phi) is 9.77. The van der Waals surface area contributed by atoms with Crippen LogP contribution in [0.4, 0.5) is 4.39 Å². The van der Waals surface area contributed by atoms with Gasteiger partial charge in [0, 0.05) is 61.3 Å². The highest BCUT2D eigenvalue weighted by Gasteiger charge is 2.39. The molecule has 0 spiro atoms. The van der Waals surface area contributed by atoms with Crippen LogP contribution in [0.15, 0.2) is 36.4 Å². The van der Waals surface area contributed by atoms with Crippen LogP contribution < -0.4 is 0 Å². The Morgan fingerprint density at radius 1 is 0.897 bits per heavy atom. The quantitative estimate of drug-likeness (QED) is 0.338. The van der Waals surface area contributed by atoms with Crippen molar-refractivity contribution in [3.63, 3.8) is 0 Å². The van der Waals surface area contributed by atoms with Crippen molar-refractivity contribution in [3.05, 3.63) is 68.4 Å². The van der Waals surface area contributed by atoms with Gasteiger partial charge in [-0.15, -0.1) is 0 Å². The number of halogens is 4. The normalized spacial score (nSPS) is 23.7. The SMILES string of the molecule is O=C(Cc1c(F)cccc1Cl)N1CCCC(CCN2CCN(C3CCCCC3)CC2)(c2ccc(Cl)c(Cl)c2)C1. The number of carbonyl (C=O) groups excluding carboxylic acids is 1. The van der Waals surface area contributed by atoms with E-state index in [0.29, 0.717) is 28.2 Å². The maximum atomic E-state index is 14.5. The molecule has 1 atom stereocenters. The van der Waals surface area contributed by atoms with Crippen LogP contribution in [0.25, 0.3) is 0 Å². The number of benzene rings is 2. The predicted octanol–water partition coefficient (Wildman–Crippen LogP) is 7.23. The smallest absolute Gasteiger partial charge is 0.227 e. The van der Waals surface area contributed by atoms with Crippen molar-refractivity contribution in [2.24, 2.45) is 0 Å². The number of piperidine rings is 1. The second kappa shape index (κ2) is 13.1. The number of hydrogen-bond donors (Lipinski definition) is 0. The van der Waals surface area contributed by atoms with Gasteiger partial charge in [0.05, 0.1) is 16.5 Å². The zero-order chi connectivity index (χ0) is 27.4. The van der Waals surface area contributed by atoms with Crippen LogP contribution in [0.1, 0.15) is 62.5 Å². The summed E-state index contributed by atoms with van der Waals surface area (Å²) in [7, 11) is 0. The molecular formula is C31H39Cl3FN3O. The van der Waals surface area contributed by atoms with Gasteiger partial charge in [0.1, 0.15) is 5.82 Å². The number of likely N-dealkylation sites (tertiary alicyclic amines) is 1. The third kappa shape index (κ3) is 6.93. The van der Waals surface area contributed by atoms with Gasteiger partial charge in [-0.05, 0) is 68.5 Å². The molecule has 0 bridgehead atoms. The lowest BCUT2D eigenvalue weighted by molar-refractivity contribution is -0.133. The number of rotatable bonds is 7. The first-order valence-corrected chi connectivity index (χ1v) is 15.6. The number of hydrogen-bond acceptors (Lipinski definition) is 3. The summed E-state index contributed by atoms with van der Waals surface area (Å²) < 4.78 is 14.5. The summed E-state index contributed by atoms with van der Waals surface area (Å²) in [5.74, 6) is -0.525. The lowest BCUT2D eigenvalue weighted by Crippen LogP contribution is -2.53. The third-order valence-corrected chi connectivity index (χ3v) is 10.3. The highest BCUT2D eigenvalue weighted by molar-refractivity contribution is 6.42. The Labute approximate surface area is 247 Å². The maximum Gasteiger partial charge on any atom is 0.227 e. The molecule has 0 aromatic heterocycles. The van der Waals surface area contributed by atoms with Crippen LogP contribution in [-0.2, 0) is 16.6 Å². The molecule has 2 heterocycles. The molecule has 8 heteroatoms. The summed E-state index contributed by atoms with van der Waals surface area (Å²) in [6, 6.07) is 11.2. The van der Waals surface area contributed by atoms with E-state index in [2.05, 4.69) is 15.9 Å². The van der Waals surface area contributed by atoms with Crippen molar-refractivity contribution in [3.8, 4) is 0 Å². The second-order valence-electron chi connectivity index (χ2n) is 11.6. The minimum Gasteiger partial charge on any atom is -0.342 e. The average Bonchev–Trinajstić information content (AvgIpc) is 2.96. The van der Waals surface area contributed by atoms with E-state index in [9.17, 15) is 9.18 Å². The van der Waals surface area contributed by atoms with Crippen molar-refractivity contribution in [2.75, 3.05) is 45.8 Å². The minimum absolute atomic E-state index is 0.0356. The molecular weight excluding hydrogens is 556 g/mol. The fraction of sp³-hybridized carbons (Fsp3) is 0.581. The Bertz CT molecular complexity index is 1130. The van der Waals surface area contributed by atoms with E-state index in [1.54, 1.807) is 12.1 Å². The zero-order valence-electron chi connectivity index (χ0n) is 22.6. The van der Waals surface area contributed by atoms with Crippen LogP contribution in [0, 0.1) is 5.82 Å². The first kappa shape index (κ1) is 29.1. The monoisotopic (exact) mass is 593 g/mol. The first-order chi connectivity index (χ1) is 18.8. The molecule has 39 heavy (non-hydrogen) atoms. The predicted molar refractivity (Wildman–Crippen MR) is 159 cm³/mol. The molecule has 5 rings (SSSR count). The van der Waals surface area contributed by atoms with E-state index in [4.69, 9.17) is 34.8 Å². The average molecular weight is 595 g/mol. The highest BCUT2D eigenvalue weighted by Crippen LogP contribution is 2.40. The fourth-order valence-corrected chi connectivity index (χ4v) is 7.42. The Morgan fingerprint density at radius 2 is 1.67 bits per heavy atom. The zero-order valence-corrected chi connectivity index (χ0v) is 24.9. The van der Waals surface area contributed by atoms with Gasteiger partial charge in [-0.1, -0.05) is 66.2 Å². The lowest BCUT2D eigenvalue weighted by atomic mass is 9.71. The van der Waals surface area contributed by atoms with Gasteiger partial charge in [0.2, 0.25) is 5.91 Å². The second-order valence-corrected chi connectivity index (χ2v) is 12.8. The largest absolute Gasteiger partial charge is 0.342 e. The molecule has 2 aromatic rings. The molecule has 0 radical (unpaired) electrons. The van der Waals surface area contributed by atoms with Gasteiger partial charge in [-0.25, -0.2) is 4.39 Å². The van der Waals surface area contributed by atoms with Crippen molar-refractivity contribution in [2.45, 2.75) is 69.2 Å². The van der Waals surface area contributed by atoms with Crippen molar-refractivity contribution < 1.29 is 9.18 Å². The molecule has 0 N–H and O–H groups in total. The summed E-state index contributed by atoms with van der Waals surface area (Å²) in [5, 5.41) is 1.37. The molecule has 1 amide bonds. The van der Waals surface area contributed by atoms with Crippen molar-refractivity contribution in [1.82, 2.24) is 14.7 Å². The van der Waals surface area contributed by atoms with Crippen LogP contribution in [-0.4, -0.2) is 72.5 Å². The molecule has 1 aliphatic carbocycles. The number of nitrogens with zero attached hydrogens (tertiary/aromatic N) is 3. The third-order valence-electron chi connectivity index (χ3n) is 9.26. The fourth-order valence-electron chi connectivity index (χ4n) is 6.89. The van der Waals surface area contributed by atoms with Gasteiger partial charge < -0.3 is 9.80 Å². The standard InChI is InChI=1S/C31H39Cl3FN3O/c32-26-8-4-9-29(35)25(26)21-30(39)38-14-5-12-31(22-38,23-10-11-27(33)28(34)20-23)13-15-36-16-18-37(19-17-36)24-6-2-1-3-7-24/h4,8-11,20,24H,1-3,5-7,12-19,21-22H2. The van der Waals surface area contributed by atoms with Gasteiger partial charge in [0.15, 0.2) is 0 Å². The van der Waals surface area contributed by atoms with Crippen LogP contribution in [0.2, 0.25) is 15.1 Å². The maximum absolute atomic E-state index is 14.5. The summed E-state index contributed by atoms with van der Waals surface area (Å²) >= 11 is 19.0.